The van der Waals surface area contributed by atoms with E-state index in [0.29, 0.717) is 24.5 Å². The second-order valence-corrected chi connectivity index (χ2v) is 9.87. The molecule has 0 aromatic heterocycles. The van der Waals surface area contributed by atoms with Gasteiger partial charge in [-0.2, -0.15) is 0 Å². The molecule has 0 bridgehead atoms. The highest BCUT2D eigenvalue weighted by atomic mass is 32.2. The molecule has 154 valence electrons. The zero-order chi connectivity index (χ0) is 21.4. The van der Waals surface area contributed by atoms with Crippen molar-refractivity contribution in [2.75, 3.05) is 10.0 Å². The summed E-state index contributed by atoms with van der Waals surface area (Å²) in [4.78, 5) is 25.4. The van der Waals surface area contributed by atoms with E-state index in [1.54, 1.807) is 47.4 Å². The fraction of sp³-hybridized carbons (Fsp3) is 0.333. The summed E-state index contributed by atoms with van der Waals surface area (Å²) in [5, 5.41) is 2.80. The van der Waals surface area contributed by atoms with Crippen LogP contribution in [-0.2, 0) is 32.7 Å². The average molecular weight is 416 g/mol. The van der Waals surface area contributed by atoms with E-state index < -0.39 is 15.4 Å². The molecule has 0 saturated heterocycles. The summed E-state index contributed by atoms with van der Waals surface area (Å²) < 4.78 is 28.0. The number of fused-ring (bicyclic) bond motifs is 1. The number of hydrogen-bond acceptors (Lipinski definition) is 4. The van der Waals surface area contributed by atoms with E-state index in [2.05, 4.69) is 10.0 Å². The topological polar surface area (TPSA) is 95.6 Å². The van der Waals surface area contributed by atoms with Gasteiger partial charge in [-0.05, 0) is 47.5 Å². The average Bonchev–Trinajstić information content (AvgIpc) is 3.06. The molecule has 2 aromatic rings. The van der Waals surface area contributed by atoms with Gasteiger partial charge in [0.1, 0.15) is 0 Å². The zero-order valence-electron chi connectivity index (χ0n) is 16.9. The molecule has 0 aliphatic carbocycles. The van der Waals surface area contributed by atoms with Crippen molar-refractivity contribution in [3.05, 3.63) is 53.6 Å². The lowest BCUT2D eigenvalue weighted by molar-refractivity contribution is -0.129. The van der Waals surface area contributed by atoms with Crippen LogP contribution in [0.5, 0.6) is 0 Å². The smallest absolute Gasteiger partial charge is 0.261 e. The molecule has 0 fully saturated rings. The van der Waals surface area contributed by atoms with E-state index in [4.69, 9.17) is 0 Å². The van der Waals surface area contributed by atoms with Gasteiger partial charge < -0.3 is 10.2 Å². The molecule has 0 atom stereocenters. The number of hydrogen-bond donors (Lipinski definition) is 2. The minimum absolute atomic E-state index is 0.0395. The Balaban J connectivity index is 1.73. The molecule has 2 amide bonds. The summed E-state index contributed by atoms with van der Waals surface area (Å²) in [6.45, 7) is 7.86. The summed E-state index contributed by atoms with van der Waals surface area (Å²) in [6.07, 6.45) is 0. The number of rotatable bonds is 4. The molecule has 2 aromatic carbocycles. The molecule has 1 aliphatic rings. The third-order valence-electron chi connectivity index (χ3n) is 4.73. The van der Waals surface area contributed by atoms with Crippen LogP contribution < -0.4 is 10.0 Å². The van der Waals surface area contributed by atoms with E-state index in [1.165, 1.54) is 6.92 Å². The van der Waals surface area contributed by atoms with E-state index in [0.717, 1.165) is 11.1 Å². The SMILES string of the molecule is CC(=O)N1Cc2ccc(S(=O)(=O)Nc3ccc(NC(=O)C(C)(C)C)cc3)cc2C1. The van der Waals surface area contributed by atoms with Crippen LogP contribution in [-0.4, -0.2) is 25.1 Å². The third-order valence-corrected chi connectivity index (χ3v) is 6.11. The van der Waals surface area contributed by atoms with Gasteiger partial charge in [-0.15, -0.1) is 0 Å². The van der Waals surface area contributed by atoms with Crippen LogP contribution in [0.25, 0.3) is 0 Å². The summed E-state index contributed by atoms with van der Waals surface area (Å²) in [7, 11) is -3.77. The Bertz CT molecular complexity index is 1050. The maximum Gasteiger partial charge on any atom is 0.261 e. The zero-order valence-corrected chi connectivity index (χ0v) is 17.8. The first-order valence-electron chi connectivity index (χ1n) is 9.27. The molecule has 29 heavy (non-hydrogen) atoms. The van der Waals surface area contributed by atoms with E-state index in [1.807, 2.05) is 20.8 Å². The number of sulfonamides is 1. The van der Waals surface area contributed by atoms with Gasteiger partial charge in [0.05, 0.1) is 4.90 Å². The number of nitrogens with zero attached hydrogens (tertiary/aromatic N) is 1. The first-order chi connectivity index (χ1) is 13.5. The Kier molecular flexibility index (Phi) is 5.40. The predicted molar refractivity (Wildman–Crippen MR) is 112 cm³/mol. The Morgan fingerprint density at radius 3 is 2.10 bits per heavy atom. The van der Waals surface area contributed by atoms with Gasteiger partial charge in [-0.1, -0.05) is 26.8 Å². The number of benzene rings is 2. The lowest BCUT2D eigenvalue weighted by Gasteiger charge is -2.17. The minimum atomic E-state index is -3.77. The summed E-state index contributed by atoms with van der Waals surface area (Å²) >= 11 is 0. The van der Waals surface area contributed by atoms with Crippen LogP contribution in [0, 0.1) is 5.41 Å². The fourth-order valence-corrected chi connectivity index (χ4v) is 4.02. The lowest BCUT2D eigenvalue weighted by Crippen LogP contribution is -2.27. The maximum absolute atomic E-state index is 12.7. The predicted octanol–water partition coefficient (Wildman–Crippen LogP) is 3.33. The molecule has 0 saturated carbocycles. The molecule has 7 nitrogen and oxygen atoms in total. The fourth-order valence-electron chi connectivity index (χ4n) is 2.91. The van der Waals surface area contributed by atoms with Crippen molar-refractivity contribution in [2.24, 2.45) is 5.41 Å². The van der Waals surface area contributed by atoms with Crippen molar-refractivity contribution in [3.63, 3.8) is 0 Å². The molecule has 0 spiro atoms. The monoisotopic (exact) mass is 415 g/mol. The maximum atomic E-state index is 12.7. The normalized spacial score (nSPS) is 13.7. The Hall–Kier alpha value is -2.87. The summed E-state index contributed by atoms with van der Waals surface area (Å²) in [6, 6.07) is 11.4. The number of anilines is 2. The number of carbonyl (C=O) groups excluding carboxylic acids is 2. The van der Waals surface area contributed by atoms with Gasteiger partial charge >= 0.3 is 0 Å². The Morgan fingerprint density at radius 1 is 0.931 bits per heavy atom. The second kappa shape index (κ2) is 7.51. The van der Waals surface area contributed by atoms with E-state index in [9.17, 15) is 18.0 Å². The third kappa shape index (κ3) is 4.76. The van der Waals surface area contributed by atoms with Crippen molar-refractivity contribution in [2.45, 2.75) is 45.7 Å². The molecular weight excluding hydrogens is 390 g/mol. The van der Waals surface area contributed by atoms with Crippen molar-refractivity contribution in [1.29, 1.82) is 0 Å². The minimum Gasteiger partial charge on any atom is -0.334 e. The molecular formula is C21H25N3O4S. The van der Waals surface area contributed by atoms with Gasteiger partial charge in [0, 0.05) is 36.8 Å². The Morgan fingerprint density at radius 2 is 1.52 bits per heavy atom. The largest absolute Gasteiger partial charge is 0.334 e. The second-order valence-electron chi connectivity index (χ2n) is 8.19. The van der Waals surface area contributed by atoms with Crippen molar-refractivity contribution >= 4 is 33.2 Å². The first kappa shape index (κ1) is 20.9. The standard InChI is InChI=1S/C21H25N3O4S/c1-14(25)24-12-15-5-10-19(11-16(15)13-24)29(27,28)23-18-8-6-17(7-9-18)22-20(26)21(2,3)4/h5-11,23H,12-13H2,1-4H3,(H,22,26). The van der Waals surface area contributed by atoms with Crippen LogP contribution in [0.1, 0.15) is 38.8 Å². The summed E-state index contributed by atoms with van der Waals surface area (Å²) in [5.41, 5.74) is 2.26. The lowest BCUT2D eigenvalue weighted by atomic mass is 9.95. The van der Waals surface area contributed by atoms with Gasteiger partial charge in [0.15, 0.2) is 0 Å². The highest BCUT2D eigenvalue weighted by molar-refractivity contribution is 7.92. The Labute approximate surface area is 171 Å². The quantitative estimate of drug-likeness (QED) is 0.801. The van der Waals surface area contributed by atoms with Gasteiger partial charge in [0.25, 0.3) is 10.0 Å². The molecule has 0 radical (unpaired) electrons. The molecule has 8 heteroatoms. The highest BCUT2D eigenvalue weighted by Crippen LogP contribution is 2.27. The van der Waals surface area contributed by atoms with Gasteiger partial charge in [0.2, 0.25) is 11.8 Å². The van der Waals surface area contributed by atoms with Crippen molar-refractivity contribution in [1.82, 2.24) is 4.90 Å². The first-order valence-corrected chi connectivity index (χ1v) is 10.8. The van der Waals surface area contributed by atoms with Crippen molar-refractivity contribution < 1.29 is 18.0 Å². The summed E-state index contributed by atoms with van der Waals surface area (Å²) in [5.74, 6) is -0.161. The molecule has 2 N–H and O–H groups in total. The molecule has 1 aliphatic heterocycles. The number of amides is 2. The van der Waals surface area contributed by atoms with Crippen LogP contribution in [0.15, 0.2) is 47.4 Å². The highest BCUT2D eigenvalue weighted by Gasteiger charge is 2.24. The van der Waals surface area contributed by atoms with Crippen LogP contribution >= 0.6 is 0 Å². The molecule has 1 heterocycles. The van der Waals surface area contributed by atoms with E-state index in [-0.39, 0.29) is 16.7 Å². The van der Waals surface area contributed by atoms with E-state index >= 15 is 0 Å². The molecule has 3 rings (SSSR count). The van der Waals surface area contributed by atoms with Crippen LogP contribution in [0.3, 0.4) is 0 Å². The number of carbonyl (C=O) groups is 2. The molecule has 0 unspecified atom stereocenters. The van der Waals surface area contributed by atoms with Crippen molar-refractivity contribution in [3.8, 4) is 0 Å². The number of nitrogens with one attached hydrogen (secondary N) is 2. The van der Waals surface area contributed by atoms with Gasteiger partial charge in [-0.3, -0.25) is 14.3 Å². The van der Waals surface area contributed by atoms with Crippen LogP contribution in [0.2, 0.25) is 0 Å². The van der Waals surface area contributed by atoms with Gasteiger partial charge in [-0.25, -0.2) is 8.42 Å². The van der Waals surface area contributed by atoms with Crippen LogP contribution in [0.4, 0.5) is 11.4 Å².